The third-order valence-corrected chi connectivity index (χ3v) is 5.75. The molecule has 0 spiro atoms. The van der Waals surface area contributed by atoms with Crippen molar-refractivity contribution in [3.8, 4) is 10.8 Å². The van der Waals surface area contributed by atoms with Gasteiger partial charge in [0.25, 0.3) is 5.89 Å². The lowest BCUT2D eigenvalue weighted by Crippen LogP contribution is -2.31. The van der Waals surface area contributed by atoms with Gasteiger partial charge in [-0.1, -0.05) is 23.4 Å². The average Bonchev–Trinajstić information content (AvgIpc) is 3.32. The minimum Gasteiger partial charge on any atom is -0.457 e. The molecule has 3 aromatic rings. The van der Waals surface area contributed by atoms with E-state index < -0.39 is 11.2 Å². The van der Waals surface area contributed by atoms with E-state index in [4.69, 9.17) is 9.26 Å². The number of nitrogens with one attached hydrogen (secondary N) is 1. The van der Waals surface area contributed by atoms with Crippen molar-refractivity contribution in [3.63, 3.8) is 0 Å². The molecular weight excluding hydrogens is 374 g/mol. The summed E-state index contributed by atoms with van der Waals surface area (Å²) in [6, 6.07) is 11.2. The van der Waals surface area contributed by atoms with Crippen LogP contribution in [0, 0.1) is 0 Å². The molecule has 0 radical (unpaired) electrons. The highest BCUT2D eigenvalue weighted by atomic mass is 32.2. The Balaban J connectivity index is 1.33. The normalized spacial score (nSPS) is 16.0. The van der Waals surface area contributed by atoms with Crippen molar-refractivity contribution in [2.75, 3.05) is 5.32 Å². The van der Waals surface area contributed by atoms with Crippen LogP contribution in [0.3, 0.4) is 0 Å². The Labute approximate surface area is 156 Å². The number of thioether (sulfide) groups is 1. The molecule has 1 unspecified atom stereocenters. The maximum Gasteiger partial charge on any atom is 0.307 e. The van der Waals surface area contributed by atoms with Gasteiger partial charge < -0.3 is 14.6 Å². The Kier molecular flexibility index (Phi) is 4.72. The molecule has 9 heteroatoms. The first-order chi connectivity index (χ1) is 12.7. The summed E-state index contributed by atoms with van der Waals surface area (Å²) in [4.78, 5) is 30.2. The standard InChI is InChI=1S/C17H13N3O4S2/c21-15(8-13-16(22)18-10-4-1-2-5-11(10)26-13)23-9-14-19-17(24-20-14)12-6-3-7-25-12/h1-7,13H,8-9H2,(H,18,22). The zero-order valence-corrected chi connectivity index (χ0v) is 15.0. The number of thiophene rings is 1. The van der Waals surface area contributed by atoms with Crippen LogP contribution < -0.4 is 5.32 Å². The topological polar surface area (TPSA) is 94.3 Å². The first-order valence-electron chi connectivity index (χ1n) is 7.77. The SMILES string of the molecule is O=C(CC1Sc2ccccc2NC1=O)OCc1noc(-c2cccs2)n1. The molecule has 7 nitrogen and oxygen atoms in total. The summed E-state index contributed by atoms with van der Waals surface area (Å²) in [5, 5.41) is 7.98. The van der Waals surface area contributed by atoms with Crippen LogP contribution >= 0.6 is 23.1 Å². The number of hydrogen-bond acceptors (Lipinski definition) is 8. The largest absolute Gasteiger partial charge is 0.457 e. The van der Waals surface area contributed by atoms with Crippen molar-refractivity contribution in [3.05, 3.63) is 47.6 Å². The molecule has 0 saturated carbocycles. The van der Waals surface area contributed by atoms with Gasteiger partial charge in [0, 0.05) is 4.90 Å². The first kappa shape index (κ1) is 16.8. The van der Waals surface area contributed by atoms with Gasteiger partial charge in [0.1, 0.15) is 0 Å². The second kappa shape index (κ2) is 7.30. The minimum absolute atomic E-state index is 0.0273. The number of rotatable bonds is 5. The van der Waals surface area contributed by atoms with E-state index in [0.29, 0.717) is 5.89 Å². The van der Waals surface area contributed by atoms with Crippen molar-refractivity contribution >= 4 is 40.7 Å². The van der Waals surface area contributed by atoms with Crippen LogP contribution in [0.1, 0.15) is 12.2 Å². The van der Waals surface area contributed by atoms with Gasteiger partial charge in [-0.15, -0.1) is 23.1 Å². The summed E-state index contributed by atoms with van der Waals surface area (Å²) in [6.45, 7) is -0.0939. The van der Waals surface area contributed by atoms with Crippen LogP contribution in [0.15, 0.2) is 51.2 Å². The molecule has 0 saturated heterocycles. The minimum atomic E-state index is -0.524. The van der Waals surface area contributed by atoms with Gasteiger partial charge in [-0.3, -0.25) is 9.59 Å². The van der Waals surface area contributed by atoms with Crippen molar-refractivity contribution in [1.29, 1.82) is 0 Å². The Morgan fingerprint density at radius 3 is 3.00 bits per heavy atom. The molecule has 1 aliphatic heterocycles. The Morgan fingerprint density at radius 2 is 2.15 bits per heavy atom. The van der Waals surface area contributed by atoms with Crippen LogP contribution in [0.5, 0.6) is 0 Å². The van der Waals surface area contributed by atoms with Crippen LogP contribution in [-0.4, -0.2) is 27.3 Å². The van der Waals surface area contributed by atoms with E-state index >= 15 is 0 Å². The second-order valence-electron chi connectivity index (χ2n) is 5.45. The number of benzene rings is 1. The maximum absolute atomic E-state index is 12.1. The maximum atomic E-state index is 12.1. The zero-order valence-electron chi connectivity index (χ0n) is 13.4. The molecule has 1 aromatic carbocycles. The van der Waals surface area contributed by atoms with Gasteiger partial charge in [0.2, 0.25) is 11.7 Å². The average molecular weight is 387 g/mol. The van der Waals surface area contributed by atoms with Gasteiger partial charge in [-0.05, 0) is 23.6 Å². The smallest absolute Gasteiger partial charge is 0.307 e. The number of hydrogen-bond donors (Lipinski definition) is 1. The highest BCUT2D eigenvalue weighted by Gasteiger charge is 2.29. The monoisotopic (exact) mass is 387 g/mol. The number of amides is 1. The summed E-state index contributed by atoms with van der Waals surface area (Å²) >= 11 is 2.84. The van der Waals surface area contributed by atoms with Gasteiger partial charge in [0.15, 0.2) is 6.61 Å². The summed E-state index contributed by atoms with van der Waals surface area (Å²) in [7, 11) is 0. The molecule has 1 amide bonds. The predicted molar refractivity (Wildman–Crippen MR) is 96.7 cm³/mol. The fourth-order valence-corrected chi connectivity index (χ4v) is 4.13. The highest BCUT2D eigenvalue weighted by Crippen LogP contribution is 2.36. The Morgan fingerprint density at radius 1 is 1.27 bits per heavy atom. The molecule has 4 rings (SSSR count). The van der Waals surface area contributed by atoms with Crippen LogP contribution in [0.25, 0.3) is 10.8 Å². The molecule has 0 aliphatic carbocycles. The van der Waals surface area contributed by atoms with Gasteiger partial charge in [-0.2, -0.15) is 4.98 Å². The first-order valence-corrected chi connectivity index (χ1v) is 9.53. The number of nitrogens with zero attached hydrogens (tertiary/aromatic N) is 2. The number of anilines is 1. The van der Waals surface area contributed by atoms with Gasteiger partial charge in [0.05, 0.1) is 22.2 Å². The number of carbonyl (C=O) groups excluding carboxylic acids is 2. The summed E-state index contributed by atoms with van der Waals surface area (Å²) in [5.41, 5.74) is 0.764. The van der Waals surface area contributed by atoms with Crippen LogP contribution in [-0.2, 0) is 20.9 Å². The number of carbonyl (C=O) groups is 2. The zero-order chi connectivity index (χ0) is 17.9. The van der Waals surface area contributed by atoms with E-state index in [2.05, 4.69) is 15.5 Å². The Hall–Kier alpha value is -2.65. The van der Waals surface area contributed by atoms with E-state index in [1.165, 1.54) is 23.1 Å². The summed E-state index contributed by atoms with van der Waals surface area (Å²) < 4.78 is 10.3. The van der Waals surface area contributed by atoms with E-state index in [9.17, 15) is 9.59 Å². The summed E-state index contributed by atoms with van der Waals surface area (Å²) in [5.74, 6) is -0.0117. The molecule has 1 atom stereocenters. The molecule has 2 aromatic heterocycles. The van der Waals surface area contributed by atoms with E-state index in [0.717, 1.165) is 15.5 Å². The van der Waals surface area contributed by atoms with Crippen molar-refractivity contribution in [2.45, 2.75) is 23.2 Å². The molecular formula is C17H13N3O4S2. The highest BCUT2D eigenvalue weighted by molar-refractivity contribution is 8.01. The second-order valence-corrected chi connectivity index (χ2v) is 7.64. The molecule has 1 N–H and O–H groups in total. The Bertz CT molecular complexity index is 939. The van der Waals surface area contributed by atoms with Crippen molar-refractivity contribution < 1.29 is 18.8 Å². The van der Waals surface area contributed by atoms with E-state index in [-0.39, 0.29) is 24.8 Å². The number of fused-ring (bicyclic) bond motifs is 1. The number of ether oxygens (including phenoxy) is 1. The lowest BCUT2D eigenvalue weighted by Gasteiger charge is -2.23. The lowest BCUT2D eigenvalue weighted by molar-refractivity contribution is -0.146. The molecule has 26 heavy (non-hydrogen) atoms. The fourth-order valence-electron chi connectivity index (χ4n) is 2.40. The molecule has 3 heterocycles. The molecule has 1 aliphatic rings. The number of para-hydroxylation sites is 1. The van der Waals surface area contributed by atoms with Crippen molar-refractivity contribution in [2.24, 2.45) is 0 Å². The molecule has 0 bridgehead atoms. The fraction of sp³-hybridized carbons (Fsp3) is 0.176. The number of aromatic nitrogens is 2. The summed E-state index contributed by atoms with van der Waals surface area (Å²) in [6.07, 6.45) is -0.0273. The molecule has 0 fully saturated rings. The van der Waals surface area contributed by atoms with Gasteiger partial charge >= 0.3 is 5.97 Å². The lowest BCUT2D eigenvalue weighted by atomic mass is 10.2. The molecule has 132 valence electrons. The van der Waals surface area contributed by atoms with E-state index in [1.807, 2.05) is 41.8 Å². The third-order valence-electron chi connectivity index (χ3n) is 3.62. The predicted octanol–water partition coefficient (Wildman–Crippen LogP) is 3.34. The quantitative estimate of drug-likeness (QED) is 0.671. The van der Waals surface area contributed by atoms with Crippen LogP contribution in [0.4, 0.5) is 5.69 Å². The third kappa shape index (κ3) is 3.63. The number of esters is 1. The van der Waals surface area contributed by atoms with Crippen LogP contribution in [0.2, 0.25) is 0 Å². The van der Waals surface area contributed by atoms with E-state index in [1.54, 1.807) is 0 Å². The van der Waals surface area contributed by atoms with Gasteiger partial charge in [-0.25, -0.2) is 0 Å². The van der Waals surface area contributed by atoms with Crippen molar-refractivity contribution in [1.82, 2.24) is 10.1 Å².